The summed E-state index contributed by atoms with van der Waals surface area (Å²) in [4.78, 5) is 0. The highest BCUT2D eigenvalue weighted by Gasteiger charge is 2.07. The van der Waals surface area contributed by atoms with Gasteiger partial charge in [0.25, 0.3) is 0 Å². The van der Waals surface area contributed by atoms with Gasteiger partial charge in [-0.1, -0.05) is 22.9 Å². The molecule has 1 unspecified atom stereocenters. The van der Waals surface area contributed by atoms with Gasteiger partial charge in [0.2, 0.25) is 0 Å². The third-order valence-electron chi connectivity index (χ3n) is 1.99. The molecule has 1 aromatic heterocycles. The summed E-state index contributed by atoms with van der Waals surface area (Å²) in [6, 6.07) is 7.40. The van der Waals surface area contributed by atoms with Gasteiger partial charge in [-0.05, 0) is 25.1 Å². The van der Waals surface area contributed by atoms with Crippen LogP contribution in [-0.2, 0) is 0 Å². The lowest BCUT2D eigenvalue weighted by Gasteiger charge is -1.99. The van der Waals surface area contributed by atoms with Crippen molar-refractivity contribution in [2.45, 2.75) is 12.3 Å². The van der Waals surface area contributed by atoms with Crippen LogP contribution in [0, 0.1) is 0 Å². The molecule has 0 radical (unpaired) electrons. The summed E-state index contributed by atoms with van der Waals surface area (Å²) in [6.45, 7) is 1.86. The molecule has 2 aromatic rings. The van der Waals surface area contributed by atoms with Crippen molar-refractivity contribution in [3.05, 3.63) is 41.2 Å². The van der Waals surface area contributed by atoms with E-state index in [2.05, 4.69) is 10.3 Å². The summed E-state index contributed by atoms with van der Waals surface area (Å²) in [5.41, 5.74) is 1.62. The highest BCUT2D eigenvalue weighted by Crippen LogP contribution is 2.18. The van der Waals surface area contributed by atoms with Gasteiger partial charge in [-0.25, -0.2) is 4.68 Å². The summed E-state index contributed by atoms with van der Waals surface area (Å²) in [5, 5.41) is 8.46. The van der Waals surface area contributed by atoms with E-state index in [1.165, 1.54) is 0 Å². The third kappa shape index (κ3) is 2.30. The second-order valence-electron chi connectivity index (χ2n) is 3.18. The molecule has 0 aliphatic carbocycles. The van der Waals surface area contributed by atoms with Gasteiger partial charge < -0.3 is 0 Å². The molecule has 0 aliphatic rings. The zero-order chi connectivity index (χ0) is 10.8. The number of rotatable bonds is 2. The summed E-state index contributed by atoms with van der Waals surface area (Å²) in [6.07, 6.45) is 1.79. The Bertz CT molecular complexity index is 465. The third-order valence-corrected chi connectivity index (χ3v) is 2.45. The Morgan fingerprint density at radius 1 is 1.40 bits per heavy atom. The molecule has 2 rings (SSSR count). The zero-order valence-electron chi connectivity index (χ0n) is 8.06. The van der Waals surface area contributed by atoms with Gasteiger partial charge in [-0.3, -0.25) is 0 Å². The maximum Gasteiger partial charge on any atom is 0.101 e. The Hall–Kier alpha value is -1.06. The molecule has 0 saturated heterocycles. The van der Waals surface area contributed by atoms with E-state index in [-0.39, 0.29) is 5.38 Å². The molecule has 0 bridgehead atoms. The van der Waals surface area contributed by atoms with Crippen LogP contribution in [0.4, 0.5) is 0 Å². The van der Waals surface area contributed by atoms with Crippen LogP contribution in [0.25, 0.3) is 5.69 Å². The van der Waals surface area contributed by atoms with E-state index in [1.807, 2.05) is 31.2 Å². The maximum atomic E-state index is 5.89. The minimum atomic E-state index is -0.141. The standard InChI is InChI=1S/C10H9Cl2N3/c1-7(11)10-6-15(14-13-10)9-4-2-3-8(12)5-9/h2-7H,1H3. The van der Waals surface area contributed by atoms with E-state index in [4.69, 9.17) is 23.2 Å². The van der Waals surface area contributed by atoms with Crippen molar-refractivity contribution in [2.24, 2.45) is 0 Å². The fourth-order valence-electron chi connectivity index (χ4n) is 1.20. The predicted molar refractivity (Wildman–Crippen MR) is 60.6 cm³/mol. The van der Waals surface area contributed by atoms with Gasteiger partial charge in [0.1, 0.15) is 5.69 Å². The van der Waals surface area contributed by atoms with E-state index in [1.54, 1.807) is 10.9 Å². The number of halogens is 2. The van der Waals surface area contributed by atoms with Crippen LogP contribution in [0.5, 0.6) is 0 Å². The predicted octanol–water partition coefficient (Wildman–Crippen LogP) is 3.22. The van der Waals surface area contributed by atoms with Crippen molar-refractivity contribution in [1.82, 2.24) is 15.0 Å². The molecule has 1 heterocycles. The second-order valence-corrected chi connectivity index (χ2v) is 4.27. The Labute approximate surface area is 97.6 Å². The van der Waals surface area contributed by atoms with E-state index in [0.29, 0.717) is 5.02 Å². The van der Waals surface area contributed by atoms with Crippen molar-refractivity contribution < 1.29 is 0 Å². The van der Waals surface area contributed by atoms with Crippen LogP contribution in [0.15, 0.2) is 30.5 Å². The Morgan fingerprint density at radius 3 is 2.80 bits per heavy atom. The molecule has 3 nitrogen and oxygen atoms in total. The van der Waals surface area contributed by atoms with Crippen LogP contribution >= 0.6 is 23.2 Å². The van der Waals surface area contributed by atoms with Gasteiger partial charge in [-0.15, -0.1) is 16.7 Å². The van der Waals surface area contributed by atoms with Crippen molar-refractivity contribution in [3.63, 3.8) is 0 Å². The molecule has 0 saturated carbocycles. The molecule has 1 aromatic carbocycles. The van der Waals surface area contributed by atoms with E-state index in [9.17, 15) is 0 Å². The topological polar surface area (TPSA) is 30.7 Å². The summed E-state index contributed by atoms with van der Waals surface area (Å²) in [5.74, 6) is 0. The van der Waals surface area contributed by atoms with Gasteiger partial charge in [0.05, 0.1) is 17.3 Å². The highest BCUT2D eigenvalue weighted by atomic mass is 35.5. The van der Waals surface area contributed by atoms with Gasteiger partial charge in [-0.2, -0.15) is 0 Å². The lowest BCUT2D eigenvalue weighted by atomic mass is 10.3. The van der Waals surface area contributed by atoms with E-state index >= 15 is 0 Å². The normalized spacial score (nSPS) is 12.7. The van der Waals surface area contributed by atoms with Crippen molar-refractivity contribution in [2.75, 3.05) is 0 Å². The molecule has 1 atom stereocenters. The number of alkyl halides is 1. The first-order valence-electron chi connectivity index (χ1n) is 4.49. The van der Waals surface area contributed by atoms with E-state index < -0.39 is 0 Å². The van der Waals surface area contributed by atoms with Crippen LogP contribution in [-0.4, -0.2) is 15.0 Å². The molecule has 78 valence electrons. The summed E-state index contributed by atoms with van der Waals surface area (Å²) < 4.78 is 1.65. The lowest BCUT2D eigenvalue weighted by molar-refractivity contribution is 0.796. The number of hydrogen-bond donors (Lipinski definition) is 0. The fraction of sp³-hybridized carbons (Fsp3) is 0.200. The van der Waals surface area contributed by atoms with E-state index in [0.717, 1.165) is 11.4 Å². The van der Waals surface area contributed by atoms with Crippen molar-refractivity contribution >= 4 is 23.2 Å². The molecular formula is C10H9Cl2N3. The molecule has 0 spiro atoms. The Kier molecular flexibility index (Phi) is 2.93. The van der Waals surface area contributed by atoms with Crippen LogP contribution < -0.4 is 0 Å². The van der Waals surface area contributed by atoms with Crippen molar-refractivity contribution in [1.29, 1.82) is 0 Å². The Morgan fingerprint density at radius 2 is 2.20 bits per heavy atom. The Balaban J connectivity index is 2.37. The van der Waals surface area contributed by atoms with Gasteiger partial charge in [0.15, 0.2) is 0 Å². The number of aromatic nitrogens is 3. The average Bonchev–Trinajstić information content (AvgIpc) is 2.66. The molecule has 5 heteroatoms. The molecule has 0 fully saturated rings. The zero-order valence-corrected chi connectivity index (χ0v) is 9.57. The lowest BCUT2D eigenvalue weighted by Crippen LogP contribution is -1.93. The second kappa shape index (κ2) is 4.21. The first-order valence-corrected chi connectivity index (χ1v) is 5.30. The van der Waals surface area contributed by atoms with Gasteiger partial charge in [0, 0.05) is 5.02 Å². The fourth-order valence-corrected chi connectivity index (χ4v) is 1.49. The first kappa shape index (κ1) is 10.5. The highest BCUT2D eigenvalue weighted by molar-refractivity contribution is 6.30. The molecule has 15 heavy (non-hydrogen) atoms. The SMILES string of the molecule is CC(Cl)c1cn(-c2cccc(Cl)c2)nn1. The minimum Gasteiger partial charge on any atom is -0.220 e. The van der Waals surface area contributed by atoms with Gasteiger partial charge >= 0.3 is 0 Å². The number of nitrogens with zero attached hydrogens (tertiary/aromatic N) is 3. The quantitative estimate of drug-likeness (QED) is 0.757. The first-order chi connectivity index (χ1) is 7.16. The molecule has 0 aliphatic heterocycles. The average molecular weight is 242 g/mol. The molecule has 0 amide bonds. The van der Waals surface area contributed by atoms with Crippen LogP contribution in [0.1, 0.15) is 18.0 Å². The number of hydrogen-bond acceptors (Lipinski definition) is 2. The summed E-state index contributed by atoms with van der Waals surface area (Å²) >= 11 is 11.8. The van der Waals surface area contributed by atoms with Crippen LogP contribution in [0.3, 0.4) is 0 Å². The number of benzene rings is 1. The monoisotopic (exact) mass is 241 g/mol. The maximum absolute atomic E-state index is 5.89. The van der Waals surface area contributed by atoms with Crippen molar-refractivity contribution in [3.8, 4) is 5.69 Å². The van der Waals surface area contributed by atoms with Crippen LogP contribution in [0.2, 0.25) is 5.02 Å². The molecular weight excluding hydrogens is 233 g/mol. The smallest absolute Gasteiger partial charge is 0.101 e. The largest absolute Gasteiger partial charge is 0.220 e. The summed E-state index contributed by atoms with van der Waals surface area (Å²) in [7, 11) is 0. The minimum absolute atomic E-state index is 0.141. The molecule has 0 N–H and O–H groups in total.